The van der Waals surface area contributed by atoms with Crippen LogP contribution >= 0.6 is 0 Å². The van der Waals surface area contributed by atoms with Crippen LogP contribution in [0.15, 0.2) is 30.7 Å². The van der Waals surface area contributed by atoms with E-state index in [9.17, 15) is 4.79 Å². The van der Waals surface area contributed by atoms with Gasteiger partial charge in [0, 0.05) is 54.8 Å². The van der Waals surface area contributed by atoms with Gasteiger partial charge in [0.2, 0.25) is 5.91 Å². The van der Waals surface area contributed by atoms with Gasteiger partial charge in [-0.3, -0.25) is 4.79 Å². The summed E-state index contributed by atoms with van der Waals surface area (Å²) in [5.41, 5.74) is 9.55. The van der Waals surface area contributed by atoms with Crippen LogP contribution in [0.25, 0.3) is 27.8 Å². The number of hydrogen-bond donors (Lipinski definition) is 2. The van der Waals surface area contributed by atoms with Crippen molar-refractivity contribution in [1.29, 1.82) is 0 Å². The topological polar surface area (TPSA) is 78.3 Å². The summed E-state index contributed by atoms with van der Waals surface area (Å²) in [5, 5.41) is 9.07. The Hall–Kier alpha value is -3.19. The number of likely N-dealkylation sites (tertiary alicyclic amines) is 1. The number of rotatable bonds is 7. The Bertz CT molecular complexity index is 1420. The van der Waals surface area contributed by atoms with Gasteiger partial charge in [-0.1, -0.05) is 33.8 Å². The zero-order valence-corrected chi connectivity index (χ0v) is 23.1. The number of fused-ring (bicyclic) bond motifs is 2. The average molecular weight is 501 g/mol. The molecule has 7 heteroatoms. The molecule has 1 aromatic carbocycles. The van der Waals surface area contributed by atoms with Gasteiger partial charge in [-0.2, -0.15) is 5.10 Å². The Morgan fingerprint density at radius 1 is 1.14 bits per heavy atom. The van der Waals surface area contributed by atoms with Gasteiger partial charge in [-0.05, 0) is 72.9 Å². The molecule has 0 bridgehead atoms. The molecular weight excluding hydrogens is 460 g/mol. The molecule has 0 unspecified atom stereocenters. The number of hydrogen-bond acceptors (Lipinski definition) is 4. The fourth-order valence-electron chi connectivity index (χ4n) is 5.84. The first-order chi connectivity index (χ1) is 17.7. The molecule has 196 valence electrons. The molecule has 4 aromatic rings. The van der Waals surface area contributed by atoms with Crippen molar-refractivity contribution in [3.8, 4) is 11.3 Å². The van der Waals surface area contributed by atoms with E-state index < -0.39 is 0 Å². The van der Waals surface area contributed by atoms with Crippen molar-refractivity contribution in [2.75, 3.05) is 19.6 Å². The quantitative estimate of drug-likeness (QED) is 0.341. The third kappa shape index (κ3) is 4.89. The number of carbonyl (C=O) groups excluding carboxylic acids is 1. The van der Waals surface area contributed by atoms with Gasteiger partial charge < -0.3 is 15.2 Å². The predicted molar refractivity (Wildman–Crippen MR) is 150 cm³/mol. The minimum atomic E-state index is 0.273. The minimum absolute atomic E-state index is 0.273. The first-order valence-electron chi connectivity index (χ1n) is 13.7. The van der Waals surface area contributed by atoms with Gasteiger partial charge in [0.1, 0.15) is 6.33 Å². The molecule has 1 amide bonds. The molecule has 1 fully saturated rings. The Labute approximate surface area is 219 Å². The van der Waals surface area contributed by atoms with Gasteiger partial charge in [0.25, 0.3) is 0 Å². The molecule has 1 saturated heterocycles. The second-order valence-corrected chi connectivity index (χ2v) is 11.2. The fourth-order valence-corrected chi connectivity index (χ4v) is 5.84. The zero-order chi connectivity index (χ0) is 26.3. The van der Waals surface area contributed by atoms with Crippen molar-refractivity contribution in [2.45, 2.75) is 78.7 Å². The highest BCUT2D eigenvalue weighted by Crippen LogP contribution is 2.40. The highest BCUT2D eigenvalue weighted by Gasteiger charge is 2.25. The number of nitrogens with one attached hydrogen (secondary N) is 2. The van der Waals surface area contributed by atoms with Crippen LogP contribution in [0.3, 0.4) is 0 Å². The molecule has 1 aliphatic rings. The van der Waals surface area contributed by atoms with Gasteiger partial charge >= 0.3 is 0 Å². The number of piperidine rings is 1. The number of nitrogens with zero attached hydrogens (tertiary/aromatic N) is 4. The van der Waals surface area contributed by atoms with Gasteiger partial charge in [0.05, 0.1) is 5.69 Å². The normalized spacial score (nSPS) is 15.1. The van der Waals surface area contributed by atoms with Crippen LogP contribution in [0.2, 0.25) is 0 Å². The number of pyridine rings is 1. The van der Waals surface area contributed by atoms with E-state index in [1.807, 2.05) is 4.52 Å². The highest BCUT2D eigenvalue weighted by molar-refractivity contribution is 5.92. The van der Waals surface area contributed by atoms with Crippen LogP contribution in [0.1, 0.15) is 81.0 Å². The van der Waals surface area contributed by atoms with E-state index in [-0.39, 0.29) is 5.91 Å². The number of aromatic amines is 1. The van der Waals surface area contributed by atoms with Crippen molar-refractivity contribution >= 4 is 22.5 Å². The van der Waals surface area contributed by atoms with Crippen molar-refractivity contribution in [3.63, 3.8) is 0 Å². The van der Waals surface area contributed by atoms with Crippen molar-refractivity contribution in [1.82, 2.24) is 29.8 Å². The number of amides is 1. The van der Waals surface area contributed by atoms with E-state index in [1.54, 1.807) is 6.33 Å². The summed E-state index contributed by atoms with van der Waals surface area (Å²) in [6, 6.07) is 7.33. The lowest BCUT2D eigenvalue weighted by molar-refractivity contribution is -0.132. The molecule has 5 rings (SSSR count). The van der Waals surface area contributed by atoms with Gasteiger partial charge in [-0.15, -0.1) is 0 Å². The van der Waals surface area contributed by atoms with E-state index in [4.69, 9.17) is 0 Å². The second kappa shape index (κ2) is 10.3. The Kier molecular flexibility index (Phi) is 7.08. The lowest BCUT2D eigenvalue weighted by Gasteiger charge is -2.32. The smallest absolute Gasteiger partial charge is 0.223 e. The largest absolute Gasteiger partial charge is 0.354 e. The van der Waals surface area contributed by atoms with Crippen LogP contribution in [-0.4, -0.2) is 56.1 Å². The van der Waals surface area contributed by atoms with E-state index in [0.29, 0.717) is 24.3 Å². The van der Waals surface area contributed by atoms with Crippen molar-refractivity contribution in [3.05, 3.63) is 53.0 Å². The summed E-state index contributed by atoms with van der Waals surface area (Å²) >= 11 is 0. The minimum Gasteiger partial charge on any atom is -0.354 e. The molecule has 0 saturated carbocycles. The van der Waals surface area contributed by atoms with E-state index in [0.717, 1.165) is 43.7 Å². The van der Waals surface area contributed by atoms with Crippen LogP contribution < -0.4 is 5.32 Å². The van der Waals surface area contributed by atoms with Crippen LogP contribution in [0.5, 0.6) is 0 Å². The molecule has 0 aliphatic carbocycles. The van der Waals surface area contributed by atoms with E-state index in [1.165, 1.54) is 38.9 Å². The Morgan fingerprint density at radius 3 is 2.59 bits per heavy atom. The number of aromatic nitrogens is 4. The standard InChI is InChI=1S/C30H40N6O/c1-18(2)28-24-15-23(22-10-13-35(14-11-22)27(37)9-12-31-19(3)4)7-8-26(24)34-29(28)25-16-36-30(32-17-33-36)21(6)20(25)5/h7-8,15-19,22,31,34H,9-14H2,1-6H3. The SMILES string of the molecule is Cc1c(-c2[nH]c3ccc(C4CCN(C(=O)CCNC(C)C)CC4)cc3c2C(C)C)cn2ncnc2c1C. The second-order valence-electron chi connectivity index (χ2n) is 11.2. The van der Waals surface area contributed by atoms with E-state index in [2.05, 4.69) is 91.2 Å². The maximum atomic E-state index is 12.6. The molecule has 7 nitrogen and oxygen atoms in total. The molecule has 0 spiro atoms. The third-order valence-electron chi connectivity index (χ3n) is 8.05. The van der Waals surface area contributed by atoms with Crippen molar-refractivity contribution < 1.29 is 4.79 Å². The molecule has 37 heavy (non-hydrogen) atoms. The number of benzene rings is 1. The molecular formula is C30H40N6O. The average Bonchev–Trinajstić information content (AvgIpc) is 3.50. The summed E-state index contributed by atoms with van der Waals surface area (Å²) in [5.74, 6) is 1.12. The summed E-state index contributed by atoms with van der Waals surface area (Å²) in [7, 11) is 0. The highest BCUT2D eigenvalue weighted by atomic mass is 16.2. The molecule has 4 heterocycles. The molecule has 0 atom stereocenters. The number of H-pyrrole nitrogens is 1. The van der Waals surface area contributed by atoms with Crippen LogP contribution in [0.4, 0.5) is 0 Å². The maximum absolute atomic E-state index is 12.6. The number of aryl methyl sites for hydroxylation is 1. The van der Waals surface area contributed by atoms with Crippen LogP contribution in [-0.2, 0) is 4.79 Å². The molecule has 0 radical (unpaired) electrons. The first-order valence-corrected chi connectivity index (χ1v) is 13.7. The molecule has 3 aromatic heterocycles. The maximum Gasteiger partial charge on any atom is 0.223 e. The lowest BCUT2D eigenvalue weighted by Crippen LogP contribution is -2.39. The Morgan fingerprint density at radius 2 is 1.89 bits per heavy atom. The fraction of sp³-hybridized carbons (Fsp3) is 0.500. The van der Waals surface area contributed by atoms with Gasteiger partial charge in [0.15, 0.2) is 5.65 Å². The predicted octanol–water partition coefficient (Wildman–Crippen LogP) is 5.71. The first kappa shape index (κ1) is 25.5. The monoisotopic (exact) mass is 500 g/mol. The Balaban J connectivity index is 1.41. The summed E-state index contributed by atoms with van der Waals surface area (Å²) in [6.45, 7) is 15.5. The summed E-state index contributed by atoms with van der Waals surface area (Å²) < 4.78 is 1.88. The lowest BCUT2D eigenvalue weighted by atomic mass is 9.87. The third-order valence-corrected chi connectivity index (χ3v) is 8.05. The summed E-state index contributed by atoms with van der Waals surface area (Å²) in [4.78, 5) is 22.9. The number of carbonyl (C=O) groups is 1. The molecule has 2 N–H and O–H groups in total. The molecule has 1 aliphatic heterocycles. The van der Waals surface area contributed by atoms with Crippen molar-refractivity contribution in [2.24, 2.45) is 0 Å². The van der Waals surface area contributed by atoms with E-state index >= 15 is 0 Å². The van der Waals surface area contributed by atoms with Crippen LogP contribution in [0, 0.1) is 13.8 Å². The summed E-state index contributed by atoms with van der Waals surface area (Å²) in [6.07, 6.45) is 6.34. The zero-order valence-electron chi connectivity index (χ0n) is 23.1. The van der Waals surface area contributed by atoms with Gasteiger partial charge in [-0.25, -0.2) is 9.50 Å².